The lowest BCUT2D eigenvalue weighted by molar-refractivity contribution is -0.0512. The van der Waals surface area contributed by atoms with E-state index in [0.29, 0.717) is 11.1 Å². The van der Waals surface area contributed by atoms with Crippen molar-refractivity contribution in [2.75, 3.05) is 7.11 Å². The fourth-order valence-electron chi connectivity index (χ4n) is 1.87. The molecule has 0 unspecified atom stereocenters. The Hall–Kier alpha value is -2.21. The molecule has 0 saturated heterocycles. The van der Waals surface area contributed by atoms with Crippen LogP contribution in [0.2, 0.25) is 0 Å². The fraction of sp³-hybridized carbons (Fsp3) is 0.118. The molecule has 0 fully saturated rings. The molecule has 3 nitrogen and oxygen atoms in total. The van der Waals surface area contributed by atoms with E-state index in [-0.39, 0.29) is 17.3 Å². The highest BCUT2D eigenvalue weighted by Crippen LogP contribution is 2.30. The molecule has 0 aromatic heterocycles. The Morgan fingerprint density at radius 3 is 2.43 bits per heavy atom. The minimum atomic E-state index is -2.95. The van der Waals surface area contributed by atoms with E-state index in [4.69, 9.17) is 4.74 Å². The van der Waals surface area contributed by atoms with E-state index in [0.717, 1.165) is 4.47 Å². The largest absolute Gasteiger partial charge is 0.493 e. The quantitative estimate of drug-likeness (QED) is 0.523. The van der Waals surface area contributed by atoms with E-state index in [1.807, 2.05) is 0 Å². The van der Waals surface area contributed by atoms with Gasteiger partial charge in [0.25, 0.3) is 0 Å². The van der Waals surface area contributed by atoms with Gasteiger partial charge in [0.1, 0.15) is 0 Å². The molecule has 120 valence electrons. The normalized spacial score (nSPS) is 11.0. The van der Waals surface area contributed by atoms with Crippen molar-refractivity contribution in [2.45, 2.75) is 6.61 Å². The molecule has 0 heterocycles. The van der Waals surface area contributed by atoms with Gasteiger partial charge in [0.05, 0.1) is 7.11 Å². The van der Waals surface area contributed by atoms with E-state index < -0.39 is 6.61 Å². The van der Waals surface area contributed by atoms with Gasteiger partial charge in [-0.25, -0.2) is 0 Å². The van der Waals surface area contributed by atoms with Crippen LogP contribution < -0.4 is 9.47 Å². The molecule has 0 N–H and O–H groups in total. The van der Waals surface area contributed by atoms with E-state index in [1.165, 1.54) is 31.4 Å². The summed E-state index contributed by atoms with van der Waals surface area (Å²) in [6.07, 6.45) is 2.90. The predicted molar refractivity (Wildman–Crippen MR) is 87.1 cm³/mol. The number of methoxy groups -OCH3 is 1. The first kappa shape index (κ1) is 17.1. The summed E-state index contributed by atoms with van der Waals surface area (Å²) in [6.45, 7) is -2.95. The Morgan fingerprint density at radius 2 is 1.83 bits per heavy atom. The van der Waals surface area contributed by atoms with E-state index in [2.05, 4.69) is 20.7 Å². The lowest BCUT2D eigenvalue weighted by Gasteiger charge is -2.10. The zero-order valence-corrected chi connectivity index (χ0v) is 13.7. The second kappa shape index (κ2) is 7.87. The number of carbonyl (C=O) groups is 1. The van der Waals surface area contributed by atoms with Crippen LogP contribution in [-0.4, -0.2) is 19.5 Å². The van der Waals surface area contributed by atoms with Gasteiger partial charge in [-0.05, 0) is 48.0 Å². The Labute approximate surface area is 140 Å². The van der Waals surface area contributed by atoms with Crippen LogP contribution in [0, 0.1) is 0 Å². The summed E-state index contributed by atoms with van der Waals surface area (Å²) in [6, 6.07) is 11.4. The molecule has 0 atom stereocenters. The van der Waals surface area contributed by atoms with Crippen LogP contribution in [0.15, 0.2) is 53.0 Å². The third-order valence-corrected chi connectivity index (χ3v) is 3.49. The molecule has 0 bridgehead atoms. The van der Waals surface area contributed by atoms with Crippen LogP contribution in [0.5, 0.6) is 11.5 Å². The zero-order chi connectivity index (χ0) is 16.8. The number of alkyl halides is 2. The second-order valence-electron chi connectivity index (χ2n) is 4.49. The Kier molecular flexibility index (Phi) is 5.87. The van der Waals surface area contributed by atoms with Crippen LogP contribution in [0.4, 0.5) is 8.78 Å². The summed E-state index contributed by atoms with van der Waals surface area (Å²) in [7, 11) is 1.36. The molecule has 0 saturated carbocycles. The van der Waals surface area contributed by atoms with Gasteiger partial charge in [-0.2, -0.15) is 8.78 Å². The van der Waals surface area contributed by atoms with Gasteiger partial charge in [-0.3, -0.25) is 4.79 Å². The van der Waals surface area contributed by atoms with Gasteiger partial charge in [0.15, 0.2) is 17.3 Å². The van der Waals surface area contributed by atoms with Gasteiger partial charge in [-0.15, -0.1) is 0 Å². The molecular formula is C17H13BrF2O3. The SMILES string of the molecule is COc1ccc(/C=C/C(=O)c2ccc(Br)cc2)cc1OC(F)F. The van der Waals surface area contributed by atoms with Crippen molar-refractivity contribution in [2.24, 2.45) is 0 Å². The maximum absolute atomic E-state index is 12.4. The standard InChI is InChI=1S/C17H13BrF2O3/c1-22-15-9-3-11(10-16(15)23-17(19)20)2-8-14(21)12-4-6-13(18)7-5-12/h2-10,17H,1H3/b8-2+. The predicted octanol–water partition coefficient (Wildman–Crippen LogP) is 4.96. The lowest BCUT2D eigenvalue weighted by Crippen LogP contribution is -2.03. The molecular weight excluding hydrogens is 370 g/mol. The van der Waals surface area contributed by atoms with Crippen LogP contribution in [0.25, 0.3) is 6.08 Å². The minimum absolute atomic E-state index is 0.0826. The van der Waals surface area contributed by atoms with Crippen molar-refractivity contribution in [3.63, 3.8) is 0 Å². The van der Waals surface area contributed by atoms with Crippen molar-refractivity contribution < 1.29 is 23.0 Å². The number of rotatable bonds is 6. The molecule has 0 spiro atoms. The van der Waals surface area contributed by atoms with Gasteiger partial charge >= 0.3 is 6.61 Å². The van der Waals surface area contributed by atoms with Gasteiger partial charge in [0.2, 0.25) is 0 Å². The first-order chi connectivity index (χ1) is 11.0. The minimum Gasteiger partial charge on any atom is -0.493 e. The van der Waals surface area contributed by atoms with Gasteiger partial charge in [-0.1, -0.05) is 28.1 Å². The number of hydrogen-bond donors (Lipinski definition) is 0. The summed E-state index contributed by atoms with van der Waals surface area (Å²) in [4.78, 5) is 12.0. The maximum atomic E-state index is 12.4. The topological polar surface area (TPSA) is 35.5 Å². The number of ketones is 1. The first-order valence-corrected chi connectivity index (χ1v) is 7.39. The average Bonchev–Trinajstić information content (AvgIpc) is 2.53. The van der Waals surface area contributed by atoms with Crippen LogP contribution in [0.1, 0.15) is 15.9 Å². The Balaban J connectivity index is 2.18. The summed E-state index contributed by atoms with van der Waals surface area (Å²) in [5, 5.41) is 0. The molecule has 0 aliphatic rings. The fourth-order valence-corrected chi connectivity index (χ4v) is 2.13. The Bertz CT molecular complexity index is 712. The van der Waals surface area contributed by atoms with Crippen LogP contribution >= 0.6 is 15.9 Å². The molecule has 0 radical (unpaired) electrons. The average molecular weight is 383 g/mol. The van der Waals surface area contributed by atoms with E-state index in [9.17, 15) is 13.6 Å². The third-order valence-electron chi connectivity index (χ3n) is 2.96. The molecule has 0 aliphatic carbocycles. The summed E-state index contributed by atoms with van der Waals surface area (Å²) in [5.41, 5.74) is 1.08. The summed E-state index contributed by atoms with van der Waals surface area (Å²) >= 11 is 3.30. The van der Waals surface area contributed by atoms with E-state index >= 15 is 0 Å². The number of ether oxygens (including phenoxy) is 2. The van der Waals surface area contributed by atoms with Crippen LogP contribution in [-0.2, 0) is 0 Å². The number of hydrogen-bond acceptors (Lipinski definition) is 3. The monoisotopic (exact) mass is 382 g/mol. The van der Waals surface area contributed by atoms with Gasteiger partial charge in [0, 0.05) is 10.0 Å². The summed E-state index contributed by atoms with van der Waals surface area (Å²) in [5.74, 6) is -0.0768. The molecule has 2 rings (SSSR count). The number of halogens is 3. The van der Waals surface area contributed by atoms with Crippen molar-refractivity contribution >= 4 is 27.8 Å². The number of carbonyl (C=O) groups excluding carboxylic acids is 1. The molecule has 2 aromatic rings. The van der Waals surface area contributed by atoms with Crippen molar-refractivity contribution in [3.8, 4) is 11.5 Å². The van der Waals surface area contributed by atoms with Crippen molar-refractivity contribution in [1.82, 2.24) is 0 Å². The molecule has 2 aromatic carbocycles. The lowest BCUT2D eigenvalue weighted by atomic mass is 10.1. The number of allylic oxidation sites excluding steroid dienone is 1. The molecule has 23 heavy (non-hydrogen) atoms. The highest BCUT2D eigenvalue weighted by atomic mass is 79.9. The highest BCUT2D eigenvalue weighted by Gasteiger charge is 2.10. The Morgan fingerprint density at radius 1 is 1.13 bits per heavy atom. The molecule has 6 heteroatoms. The number of benzene rings is 2. The zero-order valence-electron chi connectivity index (χ0n) is 12.1. The third kappa shape index (κ3) is 4.89. The van der Waals surface area contributed by atoms with Crippen molar-refractivity contribution in [3.05, 3.63) is 64.1 Å². The van der Waals surface area contributed by atoms with Crippen molar-refractivity contribution in [1.29, 1.82) is 0 Å². The first-order valence-electron chi connectivity index (χ1n) is 6.60. The molecule has 0 aliphatic heterocycles. The van der Waals surface area contributed by atoms with Crippen LogP contribution in [0.3, 0.4) is 0 Å². The highest BCUT2D eigenvalue weighted by molar-refractivity contribution is 9.10. The van der Waals surface area contributed by atoms with Gasteiger partial charge < -0.3 is 9.47 Å². The second-order valence-corrected chi connectivity index (χ2v) is 5.41. The molecule has 0 amide bonds. The summed E-state index contributed by atoms with van der Waals surface area (Å²) < 4.78 is 35.0. The maximum Gasteiger partial charge on any atom is 0.387 e. The van der Waals surface area contributed by atoms with E-state index in [1.54, 1.807) is 30.3 Å². The smallest absolute Gasteiger partial charge is 0.387 e.